The van der Waals surface area contributed by atoms with E-state index in [9.17, 15) is 0 Å². The Hall–Kier alpha value is -4.74. The first-order valence-corrected chi connectivity index (χ1v) is 11.8. The zero-order valence-corrected chi connectivity index (χ0v) is 20.4. The van der Waals surface area contributed by atoms with Gasteiger partial charge in [0.15, 0.2) is 0 Å². The first kappa shape index (κ1) is 23.0. The zero-order chi connectivity index (χ0) is 24.7. The molecule has 5 aromatic carbocycles. The van der Waals surface area contributed by atoms with Crippen LogP contribution in [-0.2, 0) is 0 Å². The van der Waals surface area contributed by atoms with Gasteiger partial charge in [-0.15, -0.1) is 0 Å². The Morgan fingerprint density at radius 1 is 0.444 bits per heavy atom. The number of rotatable bonds is 5. The van der Waals surface area contributed by atoms with Crippen molar-refractivity contribution in [3.05, 3.63) is 132 Å². The van der Waals surface area contributed by atoms with Gasteiger partial charge < -0.3 is 9.47 Å². The molecule has 0 N–H and O–H groups in total. The van der Waals surface area contributed by atoms with Crippen LogP contribution in [0.5, 0.6) is 11.5 Å². The van der Waals surface area contributed by atoms with Gasteiger partial charge in [0.1, 0.15) is 11.5 Å². The lowest BCUT2D eigenvalue weighted by atomic mass is 9.88. The van der Waals surface area contributed by atoms with Crippen molar-refractivity contribution >= 4 is 0 Å². The molecular formula is C34H26O2. The summed E-state index contributed by atoms with van der Waals surface area (Å²) in [7, 11) is 3.37. The van der Waals surface area contributed by atoms with Crippen molar-refractivity contribution < 1.29 is 9.47 Å². The molecule has 0 spiro atoms. The van der Waals surface area contributed by atoms with Crippen LogP contribution in [0.1, 0.15) is 11.1 Å². The second kappa shape index (κ2) is 10.7. The molecule has 5 rings (SSSR count). The van der Waals surface area contributed by atoms with Crippen LogP contribution in [0.2, 0.25) is 0 Å². The molecule has 0 aliphatic rings. The molecule has 0 aliphatic carbocycles. The van der Waals surface area contributed by atoms with Crippen LogP contribution >= 0.6 is 0 Å². The van der Waals surface area contributed by atoms with Crippen LogP contribution in [0.15, 0.2) is 121 Å². The molecule has 0 radical (unpaired) electrons. The molecule has 0 saturated heterocycles. The summed E-state index contributed by atoms with van der Waals surface area (Å²) < 4.78 is 10.8. The van der Waals surface area contributed by atoms with E-state index in [0.29, 0.717) is 0 Å². The summed E-state index contributed by atoms with van der Waals surface area (Å²) in [5.41, 5.74) is 8.59. The van der Waals surface area contributed by atoms with Crippen LogP contribution in [-0.4, -0.2) is 14.2 Å². The first-order chi connectivity index (χ1) is 17.7. The predicted octanol–water partition coefficient (Wildman–Crippen LogP) is 8.10. The van der Waals surface area contributed by atoms with Gasteiger partial charge in [0.25, 0.3) is 0 Å². The van der Waals surface area contributed by atoms with E-state index in [4.69, 9.17) is 9.47 Å². The minimum absolute atomic E-state index is 0.824. The van der Waals surface area contributed by atoms with Crippen molar-refractivity contribution in [2.75, 3.05) is 14.2 Å². The third kappa shape index (κ3) is 5.02. The van der Waals surface area contributed by atoms with Crippen molar-refractivity contribution in [2.24, 2.45) is 0 Å². The van der Waals surface area contributed by atoms with Crippen LogP contribution in [0.3, 0.4) is 0 Å². The smallest absolute Gasteiger partial charge is 0.118 e. The molecule has 2 heteroatoms. The lowest BCUT2D eigenvalue weighted by Gasteiger charge is -2.16. The number of hydrogen-bond acceptors (Lipinski definition) is 2. The molecule has 0 bridgehead atoms. The summed E-state index contributed by atoms with van der Waals surface area (Å²) in [6.45, 7) is 0. The van der Waals surface area contributed by atoms with Crippen molar-refractivity contribution in [1.29, 1.82) is 0 Å². The Morgan fingerprint density at radius 3 is 1.44 bits per heavy atom. The highest BCUT2D eigenvalue weighted by molar-refractivity contribution is 5.88. The number of benzene rings is 5. The molecule has 174 valence electrons. The highest BCUT2D eigenvalue weighted by atomic mass is 16.5. The second-order valence-electron chi connectivity index (χ2n) is 8.39. The van der Waals surface area contributed by atoms with Gasteiger partial charge in [-0.05, 0) is 81.9 Å². The van der Waals surface area contributed by atoms with E-state index in [1.54, 1.807) is 14.2 Å². The van der Waals surface area contributed by atoms with Crippen LogP contribution in [0.25, 0.3) is 33.4 Å². The molecule has 0 saturated carbocycles. The molecule has 36 heavy (non-hydrogen) atoms. The van der Waals surface area contributed by atoms with Crippen molar-refractivity contribution in [1.82, 2.24) is 0 Å². The van der Waals surface area contributed by atoms with Crippen molar-refractivity contribution in [3.63, 3.8) is 0 Å². The maximum absolute atomic E-state index is 5.41. The second-order valence-corrected chi connectivity index (χ2v) is 8.39. The summed E-state index contributed by atoms with van der Waals surface area (Å²) in [6.07, 6.45) is 0. The minimum Gasteiger partial charge on any atom is -0.497 e. The molecule has 0 fully saturated rings. The van der Waals surface area contributed by atoms with E-state index in [1.165, 1.54) is 0 Å². The summed E-state index contributed by atoms with van der Waals surface area (Å²) >= 11 is 0. The van der Waals surface area contributed by atoms with Gasteiger partial charge >= 0.3 is 0 Å². The normalized spacial score (nSPS) is 10.3. The van der Waals surface area contributed by atoms with Gasteiger partial charge in [-0.1, -0.05) is 84.6 Å². The predicted molar refractivity (Wildman–Crippen MR) is 148 cm³/mol. The third-order valence-electron chi connectivity index (χ3n) is 6.15. The Morgan fingerprint density at radius 2 is 0.917 bits per heavy atom. The van der Waals surface area contributed by atoms with Gasteiger partial charge in [0, 0.05) is 11.1 Å². The number of ether oxygens (including phenoxy) is 2. The monoisotopic (exact) mass is 466 g/mol. The highest BCUT2D eigenvalue weighted by Crippen LogP contribution is 2.38. The third-order valence-corrected chi connectivity index (χ3v) is 6.15. The van der Waals surface area contributed by atoms with E-state index in [0.717, 1.165) is 56.0 Å². The lowest BCUT2D eigenvalue weighted by molar-refractivity contribution is 0.415. The summed E-state index contributed by atoms with van der Waals surface area (Å²) in [4.78, 5) is 0. The lowest BCUT2D eigenvalue weighted by Crippen LogP contribution is -1.94. The molecule has 0 atom stereocenters. The topological polar surface area (TPSA) is 18.5 Å². The Kier molecular flexibility index (Phi) is 6.83. The van der Waals surface area contributed by atoms with Crippen LogP contribution in [0.4, 0.5) is 0 Å². The maximum Gasteiger partial charge on any atom is 0.118 e. The fraction of sp³-hybridized carbons (Fsp3) is 0.0588. The number of methoxy groups -OCH3 is 2. The van der Waals surface area contributed by atoms with E-state index < -0.39 is 0 Å². The van der Waals surface area contributed by atoms with Gasteiger partial charge in [-0.2, -0.15) is 0 Å². The van der Waals surface area contributed by atoms with E-state index in [-0.39, 0.29) is 0 Å². The highest BCUT2D eigenvalue weighted by Gasteiger charge is 2.14. The van der Waals surface area contributed by atoms with Gasteiger partial charge in [0.05, 0.1) is 14.2 Å². The molecule has 2 nitrogen and oxygen atoms in total. The molecular weight excluding hydrogens is 440 g/mol. The average Bonchev–Trinajstić information content (AvgIpc) is 2.97. The number of hydrogen-bond donors (Lipinski definition) is 0. The fourth-order valence-electron chi connectivity index (χ4n) is 4.23. The molecule has 0 amide bonds. The average molecular weight is 467 g/mol. The zero-order valence-electron chi connectivity index (χ0n) is 20.4. The Balaban J connectivity index is 1.77. The quantitative estimate of drug-likeness (QED) is 0.244. The van der Waals surface area contributed by atoms with Crippen LogP contribution in [0, 0.1) is 11.8 Å². The Labute approximate surface area is 212 Å². The first-order valence-electron chi connectivity index (χ1n) is 11.8. The van der Waals surface area contributed by atoms with Gasteiger partial charge in [-0.25, -0.2) is 0 Å². The minimum atomic E-state index is 0.824. The summed E-state index contributed by atoms with van der Waals surface area (Å²) in [6, 6.07) is 41.4. The van der Waals surface area contributed by atoms with E-state index >= 15 is 0 Å². The summed E-state index contributed by atoms with van der Waals surface area (Å²) in [5, 5.41) is 0. The molecule has 0 aliphatic heterocycles. The van der Waals surface area contributed by atoms with E-state index in [1.807, 2.05) is 60.7 Å². The van der Waals surface area contributed by atoms with Crippen LogP contribution < -0.4 is 9.47 Å². The molecule has 0 aromatic heterocycles. The largest absolute Gasteiger partial charge is 0.497 e. The molecule has 0 unspecified atom stereocenters. The van der Waals surface area contributed by atoms with Gasteiger partial charge in [0.2, 0.25) is 0 Å². The van der Waals surface area contributed by atoms with Crippen molar-refractivity contribution in [3.8, 4) is 56.7 Å². The van der Waals surface area contributed by atoms with Gasteiger partial charge in [-0.3, -0.25) is 0 Å². The maximum atomic E-state index is 5.41. The Bertz CT molecular complexity index is 1510. The van der Waals surface area contributed by atoms with E-state index in [2.05, 4.69) is 72.5 Å². The summed E-state index contributed by atoms with van der Waals surface area (Å²) in [5.74, 6) is 8.57. The molecule has 5 aromatic rings. The fourth-order valence-corrected chi connectivity index (χ4v) is 4.23. The SMILES string of the molecule is COc1ccc(-c2cc(-c3ccccc3)c(C#Cc3ccccc3)c(-c3ccc(OC)cc3)c2)cc1. The van der Waals surface area contributed by atoms with Crippen molar-refractivity contribution in [2.45, 2.75) is 0 Å². The molecule has 0 heterocycles. The standard InChI is InChI=1S/C34H26O2/c1-35-30-18-14-26(15-19-30)29-23-33(27-11-7-4-8-12-27)32(22-13-25-9-5-3-6-10-25)34(24-29)28-16-20-31(36-2)21-17-28/h3-12,14-21,23-24H,1-2H3.